The van der Waals surface area contributed by atoms with E-state index in [1.54, 1.807) is 0 Å². The number of amides is 1. The lowest BCUT2D eigenvalue weighted by Gasteiger charge is -2.55. The van der Waals surface area contributed by atoms with E-state index in [1.807, 2.05) is 0 Å². The van der Waals surface area contributed by atoms with Crippen LogP contribution in [0.4, 0.5) is 0 Å². The molecule has 1 amide bonds. The van der Waals surface area contributed by atoms with Gasteiger partial charge in [-0.1, -0.05) is 13.3 Å². The highest BCUT2D eigenvalue weighted by atomic mass is 16.2. The van der Waals surface area contributed by atoms with Gasteiger partial charge in [0.25, 0.3) is 0 Å². The summed E-state index contributed by atoms with van der Waals surface area (Å²) in [6.07, 6.45) is 5.35. The average molecular weight is 252 g/mol. The zero-order chi connectivity index (χ0) is 13.2. The molecule has 0 aliphatic carbocycles. The first-order valence-electron chi connectivity index (χ1n) is 7.58. The number of piperidine rings is 1. The van der Waals surface area contributed by atoms with E-state index in [0.717, 1.165) is 32.4 Å². The maximum Gasteiger partial charge on any atom is 0.222 e. The highest BCUT2D eigenvalue weighted by Crippen LogP contribution is 2.41. The molecule has 3 heteroatoms. The summed E-state index contributed by atoms with van der Waals surface area (Å²) >= 11 is 0. The Labute approximate surface area is 112 Å². The third kappa shape index (κ3) is 2.87. The fourth-order valence-corrected chi connectivity index (χ4v) is 3.21. The Balaban J connectivity index is 1.74. The monoisotopic (exact) mass is 252 g/mol. The fourth-order valence-electron chi connectivity index (χ4n) is 3.21. The van der Waals surface area contributed by atoms with Crippen LogP contribution >= 0.6 is 0 Å². The molecule has 0 radical (unpaired) electrons. The van der Waals surface area contributed by atoms with Crippen molar-refractivity contribution in [3.8, 4) is 0 Å². The third-order valence-electron chi connectivity index (χ3n) is 4.73. The van der Waals surface area contributed by atoms with Crippen LogP contribution in [0.25, 0.3) is 0 Å². The third-order valence-corrected chi connectivity index (χ3v) is 4.73. The second-order valence-corrected chi connectivity index (χ2v) is 6.48. The lowest BCUT2D eigenvalue weighted by molar-refractivity contribution is -0.137. The van der Waals surface area contributed by atoms with E-state index >= 15 is 0 Å². The summed E-state index contributed by atoms with van der Waals surface area (Å²) in [6.45, 7) is 11.2. The molecule has 104 valence electrons. The molecule has 2 saturated heterocycles. The molecule has 2 aliphatic heterocycles. The van der Waals surface area contributed by atoms with Crippen LogP contribution in [0, 0.1) is 5.41 Å². The molecule has 0 unspecified atom stereocenters. The van der Waals surface area contributed by atoms with Crippen LogP contribution in [-0.4, -0.2) is 47.9 Å². The molecular weight excluding hydrogens is 224 g/mol. The fraction of sp³-hybridized carbons (Fsp3) is 0.933. The van der Waals surface area contributed by atoms with Gasteiger partial charge in [-0.15, -0.1) is 0 Å². The number of unbranched alkanes of at least 4 members (excludes halogenated alkanes) is 1. The van der Waals surface area contributed by atoms with Gasteiger partial charge in [0, 0.05) is 38.6 Å². The van der Waals surface area contributed by atoms with E-state index in [1.165, 1.54) is 25.9 Å². The van der Waals surface area contributed by atoms with Crippen molar-refractivity contribution in [2.45, 2.75) is 58.9 Å². The number of carbonyl (C=O) groups excluding carboxylic acids is 1. The van der Waals surface area contributed by atoms with Crippen molar-refractivity contribution >= 4 is 5.91 Å². The SMILES string of the molecule is CCCCC(=O)N1CCC2(CC1)CN(C(C)C)C2. The summed E-state index contributed by atoms with van der Waals surface area (Å²) in [5.41, 5.74) is 0.547. The van der Waals surface area contributed by atoms with E-state index in [-0.39, 0.29) is 0 Å². The van der Waals surface area contributed by atoms with Crippen molar-refractivity contribution in [3.63, 3.8) is 0 Å². The molecule has 2 rings (SSSR count). The molecule has 18 heavy (non-hydrogen) atoms. The maximum absolute atomic E-state index is 12.0. The van der Waals surface area contributed by atoms with E-state index in [4.69, 9.17) is 0 Å². The van der Waals surface area contributed by atoms with Gasteiger partial charge in [0.2, 0.25) is 5.91 Å². The first-order chi connectivity index (χ1) is 8.56. The smallest absolute Gasteiger partial charge is 0.222 e. The van der Waals surface area contributed by atoms with Crippen LogP contribution in [0.1, 0.15) is 52.9 Å². The molecular formula is C15H28N2O. The molecule has 2 fully saturated rings. The summed E-state index contributed by atoms with van der Waals surface area (Å²) in [7, 11) is 0. The summed E-state index contributed by atoms with van der Waals surface area (Å²) in [5, 5.41) is 0. The molecule has 2 heterocycles. The molecule has 2 aliphatic rings. The Morgan fingerprint density at radius 3 is 2.33 bits per heavy atom. The van der Waals surface area contributed by atoms with E-state index in [0.29, 0.717) is 17.4 Å². The minimum absolute atomic E-state index is 0.381. The van der Waals surface area contributed by atoms with E-state index in [2.05, 4.69) is 30.6 Å². The largest absolute Gasteiger partial charge is 0.343 e. The van der Waals surface area contributed by atoms with Crippen molar-refractivity contribution in [1.29, 1.82) is 0 Å². The summed E-state index contributed by atoms with van der Waals surface area (Å²) in [6, 6.07) is 0.680. The van der Waals surface area contributed by atoms with E-state index in [9.17, 15) is 4.79 Å². The highest BCUT2D eigenvalue weighted by Gasteiger charge is 2.45. The molecule has 1 spiro atoms. The van der Waals surface area contributed by atoms with Crippen LogP contribution < -0.4 is 0 Å². The number of carbonyl (C=O) groups is 1. The predicted octanol–water partition coefficient (Wildman–Crippen LogP) is 2.51. The van der Waals surface area contributed by atoms with Gasteiger partial charge in [-0.25, -0.2) is 0 Å². The molecule has 0 bridgehead atoms. The Bertz CT molecular complexity index is 285. The molecule has 0 N–H and O–H groups in total. The van der Waals surface area contributed by atoms with Crippen LogP contribution in [0.2, 0.25) is 0 Å². The van der Waals surface area contributed by atoms with Crippen LogP contribution in [0.15, 0.2) is 0 Å². The second-order valence-electron chi connectivity index (χ2n) is 6.48. The predicted molar refractivity (Wildman–Crippen MR) is 74.5 cm³/mol. The average Bonchev–Trinajstić information content (AvgIpc) is 2.33. The van der Waals surface area contributed by atoms with Crippen LogP contribution in [0.3, 0.4) is 0 Å². The van der Waals surface area contributed by atoms with Gasteiger partial charge in [0.05, 0.1) is 0 Å². The summed E-state index contributed by atoms with van der Waals surface area (Å²) in [5.74, 6) is 0.381. The minimum Gasteiger partial charge on any atom is -0.343 e. The first-order valence-corrected chi connectivity index (χ1v) is 7.58. The molecule has 3 nitrogen and oxygen atoms in total. The number of nitrogens with zero attached hydrogens (tertiary/aromatic N) is 2. The first kappa shape index (κ1) is 13.9. The summed E-state index contributed by atoms with van der Waals surface area (Å²) in [4.78, 5) is 16.6. The van der Waals surface area contributed by atoms with Gasteiger partial charge in [-0.3, -0.25) is 9.69 Å². The molecule has 0 aromatic carbocycles. The Morgan fingerprint density at radius 1 is 1.22 bits per heavy atom. The molecule has 0 aromatic heterocycles. The van der Waals surface area contributed by atoms with Gasteiger partial charge < -0.3 is 4.90 Å². The zero-order valence-electron chi connectivity index (χ0n) is 12.2. The second kappa shape index (κ2) is 5.60. The van der Waals surface area contributed by atoms with Crippen LogP contribution in [-0.2, 0) is 4.79 Å². The van der Waals surface area contributed by atoms with Crippen LogP contribution in [0.5, 0.6) is 0 Å². The zero-order valence-corrected chi connectivity index (χ0v) is 12.2. The maximum atomic E-state index is 12.0. The number of likely N-dealkylation sites (tertiary alicyclic amines) is 2. The Morgan fingerprint density at radius 2 is 1.83 bits per heavy atom. The van der Waals surface area contributed by atoms with Crippen molar-refractivity contribution in [1.82, 2.24) is 9.80 Å². The van der Waals surface area contributed by atoms with Gasteiger partial charge in [-0.2, -0.15) is 0 Å². The van der Waals surface area contributed by atoms with Crippen molar-refractivity contribution in [2.75, 3.05) is 26.2 Å². The number of hydrogen-bond acceptors (Lipinski definition) is 2. The molecule has 0 aromatic rings. The number of hydrogen-bond donors (Lipinski definition) is 0. The summed E-state index contributed by atoms with van der Waals surface area (Å²) < 4.78 is 0. The van der Waals surface area contributed by atoms with Gasteiger partial charge >= 0.3 is 0 Å². The normalized spacial score (nSPS) is 23.4. The Hall–Kier alpha value is -0.570. The quantitative estimate of drug-likeness (QED) is 0.767. The molecule has 0 atom stereocenters. The van der Waals surface area contributed by atoms with Gasteiger partial charge in [0.15, 0.2) is 0 Å². The lowest BCUT2D eigenvalue weighted by atomic mass is 9.71. The van der Waals surface area contributed by atoms with Crippen molar-refractivity contribution in [3.05, 3.63) is 0 Å². The minimum atomic E-state index is 0.381. The van der Waals surface area contributed by atoms with Crippen molar-refractivity contribution in [2.24, 2.45) is 5.41 Å². The molecule has 0 saturated carbocycles. The van der Waals surface area contributed by atoms with Gasteiger partial charge in [0.1, 0.15) is 0 Å². The topological polar surface area (TPSA) is 23.6 Å². The standard InChI is InChI=1S/C15H28N2O/c1-4-5-6-14(18)16-9-7-15(8-10-16)11-17(12-15)13(2)3/h13H,4-12H2,1-3H3. The lowest BCUT2D eigenvalue weighted by Crippen LogP contribution is -2.62. The number of rotatable bonds is 4. The van der Waals surface area contributed by atoms with Crippen molar-refractivity contribution < 1.29 is 4.79 Å². The van der Waals surface area contributed by atoms with E-state index < -0.39 is 0 Å². The Kier molecular flexibility index (Phi) is 4.31. The van der Waals surface area contributed by atoms with Gasteiger partial charge in [-0.05, 0) is 38.5 Å². The highest BCUT2D eigenvalue weighted by molar-refractivity contribution is 5.76.